The van der Waals surface area contributed by atoms with Crippen molar-refractivity contribution < 1.29 is 18.8 Å². The van der Waals surface area contributed by atoms with Crippen LogP contribution in [0.5, 0.6) is 0 Å². The van der Waals surface area contributed by atoms with E-state index in [-0.39, 0.29) is 11.9 Å². The van der Waals surface area contributed by atoms with Gasteiger partial charge in [0.1, 0.15) is 0 Å². The summed E-state index contributed by atoms with van der Waals surface area (Å²) >= 11 is 0. The van der Waals surface area contributed by atoms with Crippen LogP contribution >= 0.6 is 0 Å². The average Bonchev–Trinajstić information content (AvgIpc) is 2.17. The monoisotopic (exact) mass is 229 g/mol. The van der Waals surface area contributed by atoms with E-state index in [0.717, 1.165) is 26.2 Å². The van der Waals surface area contributed by atoms with Crippen LogP contribution in [0.4, 0.5) is 0 Å². The van der Waals surface area contributed by atoms with Crippen molar-refractivity contribution in [1.29, 1.82) is 0 Å². The lowest BCUT2D eigenvalue weighted by Gasteiger charge is -2.40. The lowest BCUT2D eigenvalue weighted by molar-refractivity contribution is -0.906. The molecule has 1 aliphatic rings. The van der Waals surface area contributed by atoms with Crippen LogP contribution in [0.15, 0.2) is 0 Å². The summed E-state index contributed by atoms with van der Waals surface area (Å²) in [6, 6.07) is 0. The Morgan fingerprint density at radius 1 is 1.31 bits per heavy atom. The number of carbonyl (C=O) groups excluding carboxylic acids is 2. The Kier molecular flexibility index (Phi) is 4.29. The van der Waals surface area contributed by atoms with E-state index < -0.39 is 0 Å². The first-order valence-electron chi connectivity index (χ1n) is 5.71. The zero-order valence-electron chi connectivity index (χ0n) is 10.4. The Morgan fingerprint density at radius 2 is 1.88 bits per heavy atom. The maximum Gasteiger partial charge on any atom is 0.361 e. The number of piperazine rings is 1. The number of carbonyl (C=O) groups is 2. The highest BCUT2D eigenvalue weighted by Crippen LogP contribution is 2.10. The summed E-state index contributed by atoms with van der Waals surface area (Å²) in [6.45, 7) is 7.32. The second-order valence-electron chi connectivity index (χ2n) is 4.54. The van der Waals surface area contributed by atoms with E-state index in [0.29, 0.717) is 17.6 Å². The molecule has 1 heterocycles. The van der Waals surface area contributed by atoms with Crippen LogP contribution in [-0.2, 0) is 14.3 Å². The van der Waals surface area contributed by atoms with E-state index in [4.69, 9.17) is 4.74 Å². The van der Waals surface area contributed by atoms with Gasteiger partial charge in [-0.05, 0) is 6.92 Å². The molecule has 5 nitrogen and oxygen atoms in total. The van der Waals surface area contributed by atoms with Crippen molar-refractivity contribution in [3.8, 4) is 0 Å². The van der Waals surface area contributed by atoms with E-state index in [9.17, 15) is 9.59 Å². The highest BCUT2D eigenvalue weighted by Gasteiger charge is 2.32. The van der Waals surface area contributed by atoms with Gasteiger partial charge in [0.25, 0.3) is 0 Å². The van der Waals surface area contributed by atoms with Gasteiger partial charge in [0.05, 0.1) is 39.8 Å². The lowest BCUT2D eigenvalue weighted by atomic mass is 10.2. The smallest absolute Gasteiger partial charge is 0.361 e. The van der Waals surface area contributed by atoms with Crippen LogP contribution in [-0.4, -0.2) is 67.6 Å². The third-order valence-corrected chi connectivity index (χ3v) is 3.08. The number of likely N-dealkylation sites (N-methyl/N-ethyl adjacent to an activating group) is 1. The third kappa shape index (κ3) is 3.48. The Balaban J connectivity index is 2.43. The normalized spacial score (nSPS) is 19.3. The Morgan fingerprint density at radius 3 is 2.31 bits per heavy atom. The van der Waals surface area contributed by atoms with Gasteiger partial charge in [0.2, 0.25) is 5.91 Å². The molecule has 0 radical (unpaired) electrons. The van der Waals surface area contributed by atoms with Gasteiger partial charge in [-0.1, -0.05) is 0 Å². The van der Waals surface area contributed by atoms with Crippen molar-refractivity contribution in [3.05, 3.63) is 0 Å². The summed E-state index contributed by atoms with van der Waals surface area (Å²) in [6.07, 6.45) is 0. The molecule has 16 heavy (non-hydrogen) atoms. The number of hydrogen-bond acceptors (Lipinski definition) is 3. The third-order valence-electron chi connectivity index (χ3n) is 3.08. The number of esters is 1. The Bertz CT molecular complexity index is 270. The minimum Gasteiger partial charge on any atom is -0.462 e. The highest BCUT2D eigenvalue weighted by atomic mass is 16.5. The van der Waals surface area contributed by atoms with Gasteiger partial charge < -0.3 is 14.1 Å². The number of amides is 1. The first-order valence-corrected chi connectivity index (χ1v) is 5.71. The molecule has 1 fully saturated rings. The maximum absolute atomic E-state index is 11.4. The van der Waals surface area contributed by atoms with E-state index in [1.807, 2.05) is 18.9 Å². The van der Waals surface area contributed by atoms with Crippen molar-refractivity contribution in [2.45, 2.75) is 13.8 Å². The quantitative estimate of drug-likeness (QED) is 0.500. The van der Waals surface area contributed by atoms with Gasteiger partial charge in [-0.15, -0.1) is 0 Å². The summed E-state index contributed by atoms with van der Waals surface area (Å²) in [7, 11) is 2.04. The fourth-order valence-corrected chi connectivity index (χ4v) is 1.94. The molecule has 0 bridgehead atoms. The molecule has 5 heteroatoms. The fourth-order valence-electron chi connectivity index (χ4n) is 1.94. The second-order valence-corrected chi connectivity index (χ2v) is 4.54. The van der Waals surface area contributed by atoms with Crippen LogP contribution in [0.3, 0.4) is 0 Å². The van der Waals surface area contributed by atoms with Gasteiger partial charge in [-0.2, -0.15) is 0 Å². The molecular formula is C11H21N2O3+. The summed E-state index contributed by atoms with van der Waals surface area (Å²) in [4.78, 5) is 24.4. The molecule has 0 aromatic heterocycles. The molecule has 92 valence electrons. The Labute approximate surface area is 96.5 Å². The molecule has 0 aromatic rings. The SMILES string of the molecule is CCOC(=O)C[N+]1(C)CCN(C(C)=O)CC1. The topological polar surface area (TPSA) is 46.6 Å². The lowest BCUT2D eigenvalue weighted by Crippen LogP contribution is -2.59. The maximum atomic E-state index is 11.4. The van der Waals surface area contributed by atoms with Crippen LogP contribution in [0.1, 0.15) is 13.8 Å². The highest BCUT2D eigenvalue weighted by molar-refractivity contribution is 5.73. The zero-order valence-corrected chi connectivity index (χ0v) is 10.4. The van der Waals surface area contributed by atoms with Gasteiger partial charge in [-0.25, -0.2) is 4.79 Å². The van der Waals surface area contributed by atoms with Crippen molar-refractivity contribution in [3.63, 3.8) is 0 Å². The molecule has 1 saturated heterocycles. The molecule has 0 atom stereocenters. The molecule has 0 spiro atoms. The van der Waals surface area contributed by atoms with E-state index in [2.05, 4.69) is 0 Å². The fraction of sp³-hybridized carbons (Fsp3) is 0.818. The van der Waals surface area contributed by atoms with Crippen LogP contribution in [0.2, 0.25) is 0 Å². The second kappa shape index (κ2) is 5.30. The molecule has 0 N–H and O–H groups in total. The molecule has 0 aliphatic carbocycles. The molecule has 0 unspecified atom stereocenters. The van der Waals surface area contributed by atoms with E-state index in [1.54, 1.807) is 6.92 Å². The summed E-state index contributed by atoms with van der Waals surface area (Å²) in [5, 5.41) is 0. The number of nitrogens with zero attached hydrogens (tertiary/aromatic N) is 2. The van der Waals surface area contributed by atoms with Gasteiger partial charge >= 0.3 is 5.97 Å². The van der Waals surface area contributed by atoms with Crippen LogP contribution in [0, 0.1) is 0 Å². The van der Waals surface area contributed by atoms with Gasteiger partial charge in [0, 0.05) is 6.92 Å². The van der Waals surface area contributed by atoms with Crippen molar-refractivity contribution in [1.82, 2.24) is 4.90 Å². The van der Waals surface area contributed by atoms with Gasteiger partial charge in [0.15, 0.2) is 6.54 Å². The van der Waals surface area contributed by atoms with Gasteiger partial charge in [-0.3, -0.25) is 4.79 Å². The van der Waals surface area contributed by atoms with Crippen molar-refractivity contribution in [2.24, 2.45) is 0 Å². The summed E-state index contributed by atoms with van der Waals surface area (Å²) < 4.78 is 5.62. The predicted octanol–water partition coefficient (Wildman–Crippen LogP) is -0.142. The Hall–Kier alpha value is -1.10. The summed E-state index contributed by atoms with van der Waals surface area (Å²) in [5.41, 5.74) is 0. The molecular weight excluding hydrogens is 208 g/mol. The minimum atomic E-state index is -0.152. The zero-order chi connectivity index (χ0) is 12.2. The average molecular weight is 229 g/mol. The van der Waals surface area contributed by atoms with E-state index >= 15 is 0 Å². The minimum absolute atomic E-state index is 0.113. The molecule has 1 rings (SSSR count). The molecule has 0 saturated carbocycles. The number of quaternary nitrogens is 1. The van der Waals surface area contributed by atoms with Crippen LogP contribution < -0.4 is 0 Å². The van der Waals surface area contributed by atoms with Crippen molar-refractivity contribution >= 4 is 11.9 Å². The first kappa shape index (κ1) is 13.0. The van der Waals surface area contributed by atoms with Crippen molar-refractivity contribution in [2.75, 3.05) is 46.4 Å². The molecule has 1 amide bonds. The largest absolute Gasteiger partial charge is 0.462 e. The molecule has 0 aromatic carbocycles. The number of ether oxygens (including phenoxy) is 1. The predicted molar refractivity (Wildman–Crippen MR) is 59.7 cm³/mol. The van der Waals surface area contributed by atoms with Crippen LogP contribution in [0.25, 0.3) is 0 Å². The first-order chi connectivity index (χ1) is 7.47. The van der Waals surface area contributed by atoms with E-state index in [1.165, 1.54) is 0 Å². The summed E-state index contributed by atoms with van der Waals surface area (Å²) in [5.74, 6) is -0.0383. The number of rotatable bonds is 3. The number of hydrogen-bond donors (Lipinski definition) is 0. The molecule has 1 aliphatic heterocycles. The standard InChI is InChI=1S/C11H21N2O3/c1-4-16-11(15)9-13(3)7-5-12(6-8-13)10(2)14/h4-9H2,1-3H3/q+1.